The molecule has 20 nitrogen and oxygen atoms in total. The summed E-state index contributed by atoms with van der Waals surface area (Å²) in [4.78, 5) is 26.2. The molecule has 0 radical (unpaired) electrons. The number of phenols is 1. The average molecular weight is 741 g/mol. The van der Waals surface area contributed by atoms with E-state index in [1.165, 1.54) is 0 Å². The first-order valence-electron chi connectivity index (χ1n) is 14.6. The third kappa shape index (κ3) is 7.97. The van der Waals surface area contributed by atoms with Crippen LogP contribution >= 0.6 is 21.7 Å². The summed E-state index contributed by atoms with van der Waals surface area (Å²) in [7, 11) is -7.19. The summed E-state index contributed by atoms with van der Waals surface area (Å²) >= 11 is 0. The fraction of sp³-hybridized carbons (Fsp3) is 0.321. The summed E-state index contributed by atoms with van der Waals surface area (Å²) < 4.78 is 61.2. The van der Waals surface area contributed by atoms with E-state index in [4.69, 9.17) is 0 Å². The molecule has 2 atom stereocenters. The van der Waals surface area contributed by atoms with Gasteiger partial charge in [-0.2, -0.15) is 15.1 Å². The SMILES string of the molecule is CC1CN(c2nc(Nc3cc(S(O)(O)O)cc4cc(S(O)(O)O)c(N=Nc5cc(C(O)O)cc(C(O)O)c5)c(O)c34)[nH]c(=O)n2)C(C)CN1C. The summed E-state index contributed by atoms with van der Waals surface area (Å²) in [5.74, 6) is -1.04. The molecule has 3 aromatic carbocycles. The predicted molar refractivity (Wildman–Crippen MR) is 183 cm³/mol. The number of H-pyrrole nitrogens is 1. The number of aliphatic hydroxyl groups is 4. The van der Waals surface area contributed by atoms with Crippen LogP contribution in [0.3, 0.4) is 0 Å². The minimum Gasteiger partial charge on any atom is -0.505 e. The number of nitrogens with zero attached hydrogens (tertiary/aromatic N) is 6. The number of aliphatic hydroxyl groups excluding tert-OH is 2. The third-order valence-electron chi connectivity index (χ3n) is 8.01. The van der Waals surface area contributed by atoms with E-state index < -0.39 is 61.2 Å². The number of aromatic hydroxyl groups is 1. The first kappa shape index (κ1) is 37.3. The van der Waals surface area contributed by atoms with Crippen molar-refractivity contribution in [3.05, 3.63) is 58.0 Å². The number of fused-ring (bicyclic) bond motifs is 1. The lowest BCUT2D eigenvalue weighted by atomic mass is 10.1. The van der Waals surface area contributed by atoms with Crippen molar-refractivity contribution in [2.75, 3.05) is 30.4 Å². The van der Waals surface area contributed by atoms with Gasteiger partial charge in [-0.3, -0.25) is 9.88 Å². The fourth-order valence-corrected chi connectivity index (χ4v) is 6.65. The van der Waals surface area contributed by atoms with Gasteiger partial charge in [0, 0.05) is 41.7 Å². The highest BCUT2D eigenvalue weighted by atomic mass is 32.3. The maximum Gasteiger partial charge on any atom is 0.351 e. The van der Waals surface area contributed by atoms with Crippen LogP contribution in [0.4, 0.5) is 29.0 Å². The van der Waals surface area contributed by atoms with Crippen LogP contribution in [-0.2, 0) is 0 Å². The van der Waals surface area contributed by atoms with E-state index in [1.54, 1.807) is 0 Å². The highest BCUT2D eigenvalue weighted by molar-refractivity contribution is 8.19. The molecule has 272 valence electrons. The van der Waals surface area contributed by atoms with Gasteiger partial charge >= 0.3 is 5.69 Å². The van der Waals surface area contributed by atoms with Crippen molar-refractivity contribution >= 4 is 61.5 Å². The number of nitrogens with one attached hydrogen (secondary N) is 2. The number of rotatable bonds is 9. The van der Waals surface area contributed by atoms with Crippen molar-refractivity contribution in [1.29, 1.82) is 0 Å². The Balaban J connectivity index is 1.70. The number of hydrogen-bond donors (Lipinski definition) is 13. The van der Waals surface area contributed by atoms with Crippen LogP contribution in [0.15, 0.2) is 61.2 Å². The molecular weight excluding hydrogens is 704 g/mol. The van der Waals surface area contributed by atoms with Gasteiger partial charge in [0.1, 0.15) is 27.4 Å². The Bertz CT molecular complexity index is 1970. The molecule has 1 saturated heterocycles. The van der Waals surface area contributed by atoms with Crippen LogP contribution in [0.5, 0.6) is 5.75 Å². The van der Waals surface area contributed by atoms with Gasteiger partial charge in [0.15, 0.2) is 18.3 Å². The van der Waals surface area contributed by atoms with Crippen molar-refractivity contribution in [2.24, 2.45) is 10.2 Å². The van der Waals surface area contributed by atoms with Crippen LogP contribution in [0.2, 0.25) is 0 Å². The molecular formula is C28H36N8O12S2. The molecule has 1 fully saturated rings. The van der Waals surface area contributed by atoms with E-state index in [1.807, 2.05) is 25.8 Å². The first-order chi connectivity index (χ1) is 23.2. The number of likely N-dealkylation sites (N-methyl/N-ethyl adjacent to an activating group) is 1. The number of hydrogen-bond acceptors (Lipinski definition) is 19. The van der Waals surface area contributed by atoms with Crippen molar-refractivity contribution < 1.29 is 52.8 Å². The molecule has 0 saturated carbocycles. The molecule has 0 bridgehead atoms. The normalized spacial score (nSPS) is 18.5. The largest absolute Gasteiger partial charge is 0.505 e. The molecule has 4 aromatic rings. The van der Waals surface area contributed by atoms with Gasteiger partial charge in [0.25, 0.3) is 0 Å². The number of benzene rings is 3. The van der Waals surface area contributed by atoms with Gasteiger partial charge in [-0.15, -0.1) is 5.11 Å². The molecule has 1 aliphatic heterocycles. The molecule has 0 spiro atoms. The Labute approximate surface area is 286 Å². The van der Waals surface area contributed by atoms with E-state index in [0.29, 0.717) is 13.1 Å². The zero-order chi connectivity index (χ0) is 36.9. The van der Waals surface area contributed by atoms with E-state index in [-0.39, 0.29) is 57.3 Å². The molecule has 0 amide bonds. The van der Waals surface area contributed by atoms with Crippen LogP contribution in [0.25, 0.3) is 10.8 Å². The van der Waals surface area contributed by atoms with Gasteiger partial charge in [0.2, 0.25) is 11.9 Å². The Morgan fingerprint density at radius 2 is 1.50 bits per heavy atom. The van der Waals surface area contributed by atoms with Crippen LogP contribution in [-0.4, -0.2) is 105 Å². The number of aromatic nitrogens is 3. The maximum absolute atomic E-state index is 12.7. The second-order valence-corrected chi connectivity index (χ2v) is 14.7. The quantitative estimate of drug-likeness (QED) is 0.0856. The molecule has 13 N–H and O–H groups in total. The Kier molecular flexibility index (Phi) is 10.4. The highest BCUT2D eigenvalue weighted by Gasteiger charge is 2.31. The van der Waals surface area contributed by atoms with Gasteiger partial charge in [-0.25, -0.2) is 4.79 Å². The van der Waals surface area contributed by atoms with E-state index in [0.717, 1.165) is 36.4 Å². The lowest BCUT2D eigenvalue weighted by Gasteiger charge is -2.42. The minimum absolute atomic E-state index is 0.0634. The zero-order valence-electron chi connectivity index (χ0n) is 26.5. The zero-order valence-corrected chi connectivity index (χ0v) is 28.1. The van der Waals surface area contributed by atoms with Crippen LogP contribution in [0, 0.1) is 0 Å². The van der Waals surface area contributed by atoms with Gasteiger partial charge in [-0.05, 0) is 62.7 Å². The molecule has 5 rings (SSSR count). The Morgan fingerprint density at radius 1 is 0.860 bits per heavy atom. The summed E-state index contributed by atoms with van der Waals surface area (Å²) in [6.45, 7) is 5.04. The lowest BCUT2D eigenvalue weighted by Crippen LogP contribution is -2.55. The van der Waals surface area contributed by atoms with Gasteiger partial charge in [0.05, 0.1) is 21.2 Å². The molecule has 0 aliphatic carbocycles. The number of aromatic amines is 1. The molecule has 50 heavy (non-hydrogen) atoms. The van der Waals surface area contributed by atoms with Crippen LogP contribution in [0.1, 0.15) is 37.6 Å². The minimum atomic E-state index is -4.70. The van der Waals surface area contributed by atoms with Crippen molar-refractivity contribution in [3.8, 4) is 5.75 Å². The number of piperazine rings is 1. The number of azo groups is 1. The number of phenolic OH excluding ortho intramolecular Hbond substituents is 1. The number of anilines is 3. The highest BCUT2D eigenvalue weighted by Crippen LogP contribution is 2.57. The third-order valence-corrected chi connectivity index (χ3v) is 9.77. The summed E-state index contributed by atoms with van der Waals surface area (Å²) in [5.41, 5.74) is -2.43. The van der Waals surface area contributed by atoms with Crippen molar-refractivity contribution in [1.82, 2.24) is 19.9 Å². The molecule has 2 unspecified atom stereocenters. The molecule has 1 aliphatic rings. The smallest absolute Gasteiger partial charge is 0.351 e. The fourth-order valence-electron chi connectivity index (χ4n) is 5.41. The van der Waals surface area contributed by atoms with E-state index >= 15 is 0 Å². The summed E-state index contributed by atoms with van der Waals surface area (Å²) in [6, 6.07) is 6.14. The molecule has 2 heterocycles. The lowest BCUT2D eigenvalue weighted by molar-refractivity contribution is -0.0474. The van der Waals surface area contributed by atoms with Crippen LogP contribution < -0.4 is 15.9 Å². The summed E-state index contributed by atoms with van der Waals surface area (Å²) in [6.07, 6.45) is -4.12. The maximum atomic E-state index is 12.7. The second-order valence-electron chi connectivity index (χ2n) is 11.7. The predicted octanol–water partition coefficient (Wildman–Crippen LogP) is 3.84. The second kappa shape index (κ2) is 14.0. The Hall–Kier alpha value is -4.01. The monoisotopic (exact) mass is 740 g/mol. The van der Waals surface area contributed by atoms with Crippen molar-refractivity contribution in [2.45, 2.75) is 48.3 Å². The van der Waals surface area contributed by atoms with Crippen molar-refractivity contribution in [3.63, 3.8) is 0 Å². The van der Waals surface area contributed by atoms with Gasteiger partial charge in [-0.1, -0.05) is 0 Å². The first-order valence-corrected chi connectivity index (χ1v) is 17.6. The molecule has 1 aromatic heterocycles. The standard InChI is InChI=1S/C28H36N8O12S2/c1-12-11-36(13(2)10-35(12)3)27-30-26(31-28(42)32-27)29-19-9-18(49(43,44)45)7-14-8-20(50(46,47)48)22(23(37)21(14)19)34-33-17-5-15(24(38)39)4-16(6-17)25(40)41/h4-9,12-13,24-25,37-41,43-48H,10-11H2,1-3H3,(H2,29,30,31,32,42). The van der Waals surface area contributed by atoms with Gasteiger partial charge < -0.3 is 63.1 Å². The summed E-state index contributed by atoms with van der Waals surface area (Å²) in [5, 5.41) is 60.0. The average Bonchev–Trinajstić information content (AvgIpc) is 3.00. The molecule has 22 heteroatoms. The van der Waals surface area contributed by atoms with E-state index in [9.17, 15) is 57.6 Å². The Morgan fingerprint density at radius 3 is 2.08 bits per heavy atom. The topological polar surface area (TPSA) is 324 Å². The van der Waals surface area contributed by atoms with E-state index in [2.05, 4.69) is 35.4 Å².